The van der Waals surface area contributed by atoms with Gasteiger partial charge in [-0.15, -0.1) is 0 Å². The second kappa shape index (κ2) is 4.79. The summed E-state index contributed by atoms with van der Waals surface area (Å²) in [4.78, 5) is 10.6. The normalized spacial score (nSPS) is 12.6. The summed E-state index contributed by atoms with van der Waals surface area (Å²) < 4.78 is 0. The van der Waals surface area contributed by atoms with Crippen LogP contribution in [0.1, 0.15) is 33.4 Å². The van der Waals surface area contributed by atoms with Crippen LogP contribution in [0.15, 0.2) is 0 Å². The van der Waals surface area contributed by atoms with Crippen LogP contribution in [-0.2, 0) is 11.2 Å². The first-order valence-corrected chi connectivity index (χ1v) is 5.66. The molecule has 2 N–H and O–H groups in total. The number of carbonyl (C=O) groups excluding carboxylic acids is 1. The second-order valence-electron chi connectivity index (χ2n) is 4.61. The van der Waals surface area contributed by atoms with Gasteiger partial charge in [-0.1, -0.05) is 0 Å². The molecule has 16 heavy (non-hydrogen) atoms. The molecule has 88 valence electrons. The summed E-state index contributed by atoms with van der Waals surface area (Å²) >= 11 is 0. The molecule has 0 saturated heterocycles. The van der Waals surface area contributed by atoms with Gasteiger partial charge in [0, 0.05) is 0 Å². The summed E-state index contributed by atoms with van der Waals surface area (Å²) in [7, 11) is 0. The highest BCUT2D eigenvalue weighted by molar-refractivity contribution is 5.59. The van der Waals surface area contributed by atoms with Gasteiger partial charge in [-0.05, 0) is 74.4 Å². The zero-order valence-corrected chi connectivity index (χ0v) is 10.8. The molecule has 0 spiro atoms. The van der Waals surface area contributed by atoms with E-state index in [1.54, 1.807) is 0 Å². The highest BCUT2D eigenvalue weighted by Crippen LogP contribution is 2.26. The molecule has 0 aliphatic rings. The number of benzene rings is 1. The van der Waals surface area contributed by atoms with Crippen molar-refractivity contribution in [2.75, 3.05) is 0 Å². The fraction of sp³-hybridized carbons (Fsp3) is 0.500. The summed E-state index contributed by atoms with van der Waals surface area (Å²) in [5, 5.41) is 0. The number of aldehydes is 1. The second-order valence-corrected chi connectivity index (χ2v) is 4.61. The smallest absolute Gasteiger partial charge is 0.137 e. The first kappa shape index (κ1) is 12.9. The third-order valence-corrected chi connectivity index (χ3v) is 3.77. The van der Waals surface area contributed by atoms with Gasteiger partial charge in [-0.25, -0.2) is 0 Å². The Hall–Kier alpha value is -1.15. The van der Waals surface area contributed by atoms with Gasteiger partial charge in [0.2, 0.25) is 0 Å². The van der Waals surface area contributed by atoms with Crippen molar-refractivity contribution in [3.63, 3.8) is 0 Å². The van der Waals surface area contributed by atoms with Gasteiger partial charge in [0.15, 0.2) is 0 Å². The molecule has 1 aromatic carbocycles. The summed E-state index contributed by atoms with van der Waals surface area (Å²) in [6.07, 6.45) is 1.46. The van der Waals surface area contributed by atoms with Gasteiger partial charge in [0.05, 0.1) is 6.04 Å². The Morgan fingerprint density at radius 2 is 1.31 bits per heavy atom. The molecule has 0 aliphatic carbocycles. The lowest BCUT2D eigenvalue weighted by Crippen LogP contribution is -2.25. The molecule has 0 heterocycles. The van der Waals surface area contributed by atoms with E-state index in [9.17, 15) is 4.79 Å². The Kier molecular flexibility index (Phi) is 3.87. The molecule has 0 bridgehead atoms. The van der Waals surface area contributed by atoms with Crippen LogP contribution >= 0.6 is 0 Å². The van der Waals surface area contributed by atoms with E-state index >= 15 is 0 Å². The molecule has 0 fully saturated rings. The fourth-order valence-corrected chi connectivity index (χ4v) is 2.17. The van der Waals surface area contributed by atoms with Crippen LogP contribution in [0.4, 0.5) is 0 Å². The van der Waals surface area contributed by atoms with Crippen molar-refractivity contribution in [3.05, 3.63) is 33.4 Å². The SMILES string of the molecule is Cc1c(C)c(C)c(CC(N)C=O)c(C)c1C. The minimum atomic E-state index is -0.390. The molecule has 1 rings (SSSR count). The third-order valence-electron chi connectivity index (χ3n) is 3.77. The van der Waals surface area contributed by atoms with E-state index in [4.69, 9.17) is 5.73 Å². The predicted octanol–water partition coefficient (Wildman–Crippen LogP) is 2.30. The Balaban J connectivity index is 3.33. The fourth-order valence-electron chi connectivity index (χ4n) is 2.17. The number of carbonyl (C=O) groups is 1. The van der Waals surface area contributed by atoms with E-state index in [0.29, 0.717) is 6.42 Å². The zero-order valence-electron chi connectivity index (χ0n) is 10.8. The maximum absolute atomic E-state index is 10.6. The topological polar surface area (TPSA) is 43.1 Å². The van der Waals surface area contributed by atoms with E-state index in [1.807, 2.05) is 0 Å². The standard InChI is InChI=1S/C14H21NO/c1-8-9(2)11(4)14(6-13(15)7-16)12(5)10(8)3/h7,13H,6,15H2,1-5H3. The average molecular weight is 219 g/mol. The van der Waals surface area contributed by atoms with E-state index in [2.05, 4.69) is 34.6 Å². The Labute approximate surface area is 97.9 Å². The number of hydrogen-bond acceptors (Lipinski definition) is 2. The van der Waals surface area contributed by atoms with Gasteiger partial charge in [0.1, 0.15) is 6.29 Å². The van der Waals surface area contributed by atoms with Crippen molar-refractivity contribution in [2.24, 2.45) is 5.73 Å². The molecule has 2 heteroatoms. The zero-order chi connectivity index (χ0) is 12.5. The van der Waals surface area contributed by atoms with E-state index < -0.39 is 0 Å². The predicted molar refractivity (Wildman–Crippen MR) is 67.9 cm³/mol. The Morgan fingerprint density at radius 1 is 0.938 bits per heavy atom. The van der Waals surface area contributed by atoms with Crippen molar-refractivity contribution < 1.29 is 4.79 Å². The summed E-state index contributed by atoms with van der Waals surface area (Å²) in [5.41, 5.74) is 13.5. The minimum Gasteiger partial charge on any atom is -0.321 e. The van der Waals surface area contributed by atoms with Crippen molar-refractivity contribution in [1.82, 2.24) is 0 Å². The lowest BCUT2D eigenvalue weighted by Gasteiger charge is -2.19. The van der Waals surface area contributed by atoms with Crippen LogP contribution < -0.4 is 5.73 Å². The Morgan fingerprint density at radius 3 is 1.69 bits per heavy atom. The average Bonchev–Trinajstić information content (AvgIpc) is 2.29. The summed E-state index contributed by atoms with van der Waals surface area (Å²) in [6.45, 7) is 10.6. The van der Waals surface area contributed by atoms with Gasteiger partial charge >= 0.3 is 0 Å². The van der Waals surface area contributed by atoms with Gasteiger partial charge in [0.25, 0.3) is 0 Å². The van der Waals surface area contributed by atoms with Crippen molar-refractivity contribution in [1.29, 1.82) is 0 Å². The van der Waals surface area contributed by atoms with Crippen molar-refractivity contribution in [2.45, 2.75) is 47.1 Å². The maximum atomic E-state index is 10.6. The van der Waals surface area contributed by atoms with E-state index in [0.717, 1.165) is 6.29 Å². The van der Waals surface area contributed by atoms with E-state index in [1.165, 1.54) is 33.4 Å². The molecule has 0 aromatic heterocycles. The largest absolute Gasteiger partial charge is 0.321 e. The van der Waals surface area contributed by atoms with Gasteiger partial charge in [-0.3, -0.25) is 0 Å². The van der Waals surface area contributed by atoms with Gasteiger partial charge in [-0.2, -0.15) is 0 Å². The maximum Gasteiger partial charge on any atom is 0.137 e. The highest BCUT2D eigenvalue weighted by atomic mass is 16.1. The molecule has 0 saturated carbocycles. The number of hydrogen-bond donors (Lipinski definition) is 1. The molecular formula is C14H21NO. The van der Waals surface area contributed by atoms with Crippen LogP contribution in [0, 0.1) is 34.6 Å². The molecule has 0 radical (unpaired) electrons. The van der Waals surface area contributed by atoms with Crippen LogP contribution in [0.2, 0.25) is 0 Å². The number of rotatable bonds is 3. The summed E-state index contributed by atoms with van der Waals surface area (Å²) in [5.74, 6) is 0. The van der Waals surface area contributed by atoms with Crippen molar-refractivity contribution >= 4 is 6.29 Å². The van der Waals surface area contributed by atoms with Crippen LogP contribution in [0.3, 0.4) is 0 Å². The molecule has 1 atom stereocenters. The third kappa shape index (κ3) is 2.17. The molecule has 1 aromatic rings. The van der Waals surface area contributed by atoms with Gasteiger partial charge < -0.3 is 10.5 Å². The quantitative estimate of drug-likeness (QED) is 0.793. The summed E-state index contributed by atoms with van der Waals surface area (Å²) in [6, 6.07) is -0.390. The molecule has 0 amide bonds. The first-order valence-electron chi connectivity index (χ1n) is 5.66. The molecule has 1 unspecified atom stereocenters. The molecule has 2 nitrogen and oxygen atoms in total. The Bertz CT molecular complexity index is 392. The van der Waals surface area contributed by atoms with E-state index in [-0.39, 0.29) is 6.04 Å². The molecular weight excluding hydrogens is 198 g/mol. The van der Waals surface area contributed by atoms with Crippen LogP contribution in [-0.4, -0.2) is 12.3 Å². The lowest BCUT2D eigenvalue weighted by atomic mass is 9.87. The first-order chi connectivity index (χ1) is 7.40. The lowest BCUT2D eigenvalue weighted by molar-refractivity contribution is -0.108. The molecule has 0 aliphatic heterocycles. The number of nitrogens with two attached hydrogens (primary N) is 1. The minimum absolute atomic E-state index is 0.390. The van der Waals surface area contributed by atoms with Crippen LogP contribution in [0.5, 0.6) is 0 Å². The van der Waals surface area contributed by atoms with Crippen LogP contribution in [0.25, 0.3) is 0 Å². The highest BCUT2D eigenvalue weighted by Gasteiger charge is 2.14. The van der Waals surface area contributed by atoms with Crippen molar-refractivity contribution in [3.8, 4) is 0 Å². The monoisotopic (exact) mass is 219 g/mol.